The van der Waals surface area contributed by atoms with Gasteiger partial charge in [0.1, 0.15) is 15.7 Å². The predicted molar refractivity (Wildman–Crippen MR) is 116 cm³/mol. The summed E-state index contributed by atoms with van der Waals surface area (Å²) in [5, 5.41) is 7.27. The second-order valence-corrected chi connectivity index (χ2v) is 7.64. The Hall–Kier alpha value is -2.52. The van der Waals surface area contributed by atoms with Crippen molar-refractivity contribution >= 4 is 23.3 Å². The van der Waals surface area contributed by atoms with Gasteiger partial charge in [0.05, 0.1) is 31.5 Å². The highest BCUT2D eigenvalue weighted by atomic mass is 32.1. The number of halogens is 1. The lowest BCUT2D eigenvalue weighted by Gasteiger charge is -2.16. The van der Waals surface area contributed by atoms with Gasteiger partial charge in [0, 0.05) is 19.2 Å². The molecule has 0 aliphatic heterocycles. The van der Waals surface area contributed by atoms with Crippen LogP contribution in [-0.4, -0.2) is 37.2 Å². The van der Waals surface area contributed by atoms with Crippen molar-refractivity contribution in [1.29, 1.82) is 0 Å². The fourth-order valence-corrected chi connectivity index (χ4v) is 3.70. The van der Waals surface area contributed by atoms with Gasteiger partial charge in [-0.15, -0.1) is 11.3 Å². The first-order valence-corrected chi connectivity index (χ1v) is 10.7. The maximum Gasteiger partial charge on any atom is 0.350 e. The number of aromatic nitrogens is 1. The quantitative estimate of drug-likeness (QED) is 0.354. The van der Waals surface area contributed by atoms with Crippen molar-refractivity contribution in [2.75, 3.05) is 20.3 Å². The van der Waals surface area contributed by atoms with Crippen LogP contribution >= 0.6 is 11.3 Å². The van der Waals surface area contributed by atoms with Gasteiger partial charge in [-0.25, -0.2) is 19.2 Å². The SMILES string of the molecule is CCNC(=NCc1ccc(F)c(COC)c1)NC(C)c1nc(C)c(C(=O)OCC)s1. The number of carbonyl (C=O) groups is 1. The number of guanidine groups is 1. The summed E-state index contributed by atoms with van der Waals surface area (Å²) < 4.78 is 23.9. The van der Waals surface area contributed by atoms with E-state index >= 15 is 0 Å². The van der Waals surface area contributed by atoms with Crippen molar-refractivity contribution in [3.8, 4) is 0 Å². The van der Waals surface area contributed by atoms with Gasteiger partial charge < -0.3 is 20.1 Å². The Morgan fingerprint density at radius 1 is 1.37 bits per heavy atom. The highest BCUT2D eigenvalue weighted by Crippen LogP contribution is 2.24. The van der Waals surface area contributed by atoms with Crippen LogP contribution in [0.2, 0.25) is 0 Å². The average Bonchev–Trinajstić information content (AvgIpc) is 3.11. The summed E-state index contributed by atoms with van der Waals surface area (Å²) >= 11 is 1.31. The number of benzene rings is 1. The number of ether oxygens (including phenoxy) is 2. The fourth-order valence-electron chi connectivity index (χ4n) is 2.74. The molecule has 2 aromatic rings. The first kappa shape index (κ1) is 23.8. The predicted octanol–water partition coefficient (Wildman–Crippen LogP) is 3.73. The molecule has 0 spiro atoms. The normalized spacial score (nSPS) is 12.5. The highest BCUT2D eigenvalue weighted by molar-refractivity contribution is 7.13. The molecule has 0 saturated heterocycles. The van der Waals surface area contributed by atoms with Crippen molar-refractivity contribution in [3.05, 3.63) is 50.7 Å². The van der Waals surface area contributed by atoms with Crippen LogP contribution < -0.4 is 10.6 Å². The van der Waals surface area contributed by atoms with Crippen LogP contribution in [0.4, 0.5) is 4.39 Å². The molecule has 7 nitrogen and oxygen atoms in total. The molecule has 0 fully saturated rings. The third kappa shape index (κ3) is 6.50. The number of carbonyl (C=O) groups excluding carboxylic acids is 1. The maximum atomic E-state index is 13.8. The van der Waals surface area contributed by atoms with Crippen LogP contribution in [0.5, 0.6) is 0 Å². The third-order valence-corrected chi connectivity index (χ3v) is 5.49. The van der Waals surface area contributed by atoms with Crippen molar-refractivity contribution in [3.63, 3.8) is 0 Å². The molecule has 1 aromatic heterocycles. The molecule has 0 amide bonds. The molecule has 164 valence electrons. The second-order valence-electron chi connectivity index (χ2n) is 6.61. The summed E-state index contributed by atoms with van der Waals surface area (Å²) in [6.07, 6.45) is 0. The van der Waals surface area contributed by atoms with Crippen LogP contribution in [0.15, 0.2) is 23.2 Å². The van der Waals surface area contributed by atoms with Crippen LogP contribution in [0.1, 0.15) is 58.3 Å². The molecule has 0 radical (unpaired) electrons. The van der Waals surface area contributed by atoms with Gasteiger partial charge >= 0.3 is 5.97 Å². The molecule has 0 saturated carbocycles. The third-order valence-electron chi connectivity index (χ3n) is 4.17. The number of thiazole rings is 1. The molecule has 1 aromatic carbocycles. The van der Waals surface area contributed by atoms with E-state index in [2.05, 4.69) is 20.6 Å². The van der Waals surface area contributed by atoms with Gasteiger partial charge in [-0.3, -0.25) is 0 Å². The Morgan fingerprint density at radius 3 is 2.80 bits per heavy atom. The standard InChI is InChI=1S/C21H29FN4O3S/c1-6-23-21(24-11-15-8-9-17(22)16(10-15)12-28-5)26-14(4)19-25-13(3)18(30-19)20(27)29-7-2/h8-10,14H,6-7,11-12H2,1-5H3,(H2,23,24,26). The lowest BCUT2D eigenvalue weighted by Crippen LogP contribution is -2.38. The zero-order valence-corrected chi connectivity index (χ0v) is 18.9. The number of nitrogens with one attached hydrogen (secondary N) is 2. The summed E-state index contributed by atoms with van der Waals surface area (Å²) in [5.74, 6) is -0.0392. The van der Waals surface area contributed by atoms with E-state index in [0.717, 1.165) is 10.6 Å². The Kier molecular flexibility index (Phi) is 9.19. The molecule has 30 heavy (non-hydrogen) atoms. The Balaban J connectivity index is 2.12. The Labute approximate surface area is 180 Å². The van der Waals surface area contributed by atoms with Gasteiger partial charge in [-0.2, -0.15) is 0 Å². The molecular formula is C21H29FN4O3S. The first-order valence-electron chi connectivity index (χ1n) is 9.85. The van der Waals surface area contributed by atoms with Crippen LogP contribution in [0.3, 0.4) is 0 Å². The number of hydrogen-bond donors (Lipinski definition) is 2. The summed E-state index contributed by atoms with van der Waals surface area (Å²) in [7, 11) is 1.53. The van der Waals surface area contributed by atoms with Gasteiger partial charge in [0.25, 0.3) is 0 Å². The molecule has 0 aliphatic carbocycles. The zero-order valence-electron chi connectivity index (χ0n) is 18.0. The Morgan fingerprint density at radius 2 is 2.13 bits per heavy atom. The lowest BCUT2D eigenvalue weighted by molar-refractivity contribution is 0.0531. The minimum Gasteiger partial charge on any atom is -0.462 e. The number of esters is 1. The van der Waals surface area contributed by atoms with Gasteiger partial charge in [0.2, 0.25) is 0 Å². The number of hydrogen-bond acceptors (Lipinski definition) is 6. The van der Waals surface area contributed by atoms with Crippen molar-refractivity contribution in [2.24, 2.45) is 4.99 Å². The zero-order chi connectivity index (χ0) is 22.1. The second kappa shape index (κ2) is 11.6. The summed E-state index contributed by atoms with van der Waals surface area (Å²) in [6, 6.07) is 4.73. The summed E-state index contributed by atoms with van der Waals surface area (Å²) in [6.45, 7) is 9.10. The highest BCUT2D eigenvalue weighted by Gasteiger charge is 2.20. The molecule has 2 rings (SSSR count). The van der Waals surface area contributed by atoms with Crippen LogP contribution in [-0.2, 0) is 22.6 Å². The van der Waals surface area contributed by atoms with E-state index in [1.54, 1.807) is 26.0 Å². The molecular weight excluding hydrogens is 407 g/mol. The number of aliphatic imine (C=N–C) groups is 1. The van der Waals surface area contributed by atoms with Crippen molar-refractivity contribution in [2.45, 2.75) is 46.9 Å². The van der Waals surface area contributed by atoms with E-state index in [-0.39, 0.29) is 24.4 Å². The molecule has 1 unspecified atom stereocenters. The summed E-state index contributed by atoms with van der Waals surface area (Å²) in [4.78, 5) is 21.6. The van der Waals surface area contributed by atoms with Gasteiger partial charge in [-0.05, 0) is 45.4 Å². The number of rotatable bonds is 9. The van der Waals surface area contributed by atoms with E-state index in [9.17, 15) is 9.18 Å². The van der Waals surface area contributed by atoms with Crippen LogP contribution in [0.25, 0.3) is 0 Å². The number of methoxy groups -OCH3 is 1. The number of nitrogens with zero attached hydrogens (tertiary/aromatic N) is 2. The molecule has 0 aliphatic rings. The Bertz CT molecular complexity index is 885. The molecule has 2 N–H and O–H groups in total. The topological polar surface area (TPSA) is 84.8 Å². The number of aryl methyl sites for hydroxylation is 1. The largest absolute Gasteiger partial charge is 0.462 e. The molecule has 9 heteroatoms. The van der Waals surface area contributed by atoms with Crippen molar-refractivity contribution in [1.82, 2.24) is 15.6 Å². The molecule has 1 heterocycles. The average molecular weight is 437 g/mol. The fraction of sp³-hybridized carbons (Fsp3) is 0.476. The summed E-state index contributed by atoms with van der Waals surface area (Å²) in [5.41, 5.74) is 2.03. The van der Waals surface area contributed by atoms with E-state index in [0.29, 0.717) is 41.8 Å². The molecule has 1 atom stereocenters. The smallest absolute Gasteiger partial charge is 0.350 e. The van der Waals surface area contributed by atoms with Crippen molar-refractivity contribution < 1.29 is 18.7 Å². The van der Waals surface area contributed by atoms with Crippen LogP contribution in [0, 0.1) is 12.7 Å². The monoisotopic (exact) mass is 436 g/mol. The van der Waals surface area contributed by atoms with E-state index < -0.39 is 0 Å². The molecule has 0 bridgehead atoms. The van der Waals surface area contributed by atoms with E-state index in [1.165, 1.54) is 24.5 Å². The minimum absolute atomic E-state index is 0.160. The first-order chi connectivity index (χ1) is 14.4. The van der Waals surface area contributed by atoms with E-state index in [4.69, 9.17) is 9.47 Å². The van der Waals surface area contributed by atoms with Gasteiger partial charge in [0.15, 0.2) is 5.96 Å². The maximum absolute atomic E-state index is 13.8. The van der Waals surface area contributed by atoms with E-state index in [1.807, 2.05) is 13.8 Å². The van der Waals surface area contributed by atoms with Gasteiger partial charge in [-0.1, -0.05) is 6.07 Å². The lowest BCUT2D eigenvalue weighted by atomic mass is 10.1. The minimum atomic E-state index is -0.352.